The Balaban J connectivity index is 2.26. The minimum atomic E-state index is -1.01. The highest BCUT2D eigenvalue weighted by atomic mass is 16.4. The molecule has 2 aromatic heterocycles. The van der Waals surface area contributed by atoms with E-state index < -0.39 is 5.97 Å². The Morgan fingerprint density at radius 1 is 1.42 bits per heavy atom. The zero-order chi connectivity index (χ0) is 13.8. The van der Waals surface area contributed by atoms with E-state index in [-0.39, 0.29) is 12.5 Å². The molecule has 0 aliphatic carbocycles. The number of rotatable bonds is 5. The van der Waals surface area contributed by atoms with Gasteiger partial charge in [0.05, 0.1) is 5.56 Å². The molecule has 2 aromatic rings. The number of carboxylic acids is 1. The molecular weight excluding hydrogens is 246 g/mol. The predicted molar refractivity (Wildman–Crippen MR) is 69.0 cm³/mol. The van der Waals surface area contributed by atoms with Crippen LogP contribution in [0.25, 0.3) is 5.65 Å². The van der Waals surface area contributed by atoms with Crippen molar-refractivity contribution in [3.63, 3.8) is 0 Å². The Kier molecular flexibility index (Phi) is 3.79. The number of fused-ring (bicyclic) bond motifs is 1. The van der Waals surface area contributed by atoms with Gasteiger partial charge in [0.1, 0.15) is 12.2 Å². The molecule has 0 fully saturated rings. The van der Waals surface area contributed by atoms with Gasteiger partial charge in [0.15, 0.2) is 0 Å². The second-order valence-electron chi connectivity index (χ2n) is 4.23. The fraction of sp³-hybridized carbons (Fsp3) is 0.308. The molecule has 6 nitrogen and oxygen atoms in total. The first kappa shape index (κ1) is 13.1. The first-order valence-electron chi connectivity index (χ1n) is 6.05. The molecule has 0 spiro atoms. The van der Waals surface area contributed by atoms with E-state index >= 15 is 0 Å². The fourth-order valence-corrected chi connectivity index (χ4v) is 1.91. The molecular formula is C13H15N3O3. The molecule has 0 atom stereocenters. The minimum Gasteiger partial charge on any atom is -0.480 e. The van der Waals surface area contributed by atoms with Crippen molar-refractivity contribution in [3.8, 4) is 0 Å². The lowest BCUT2D eigenvalue weighted by atomic mass is 10.2. The summed E-state index contributed by atoms with van der Waals surface area (Å²) in [5.74, 6) is -1.29. The van der Waals surface area contributed by atoms with Crippen molar-refractivity contribution in [2.75, 3.05) is 13.1 Å². The zero-order valence-electron chi connectivity index (χ0n) is 10.6. The minimum absolute atomic E-state index is 0.278. The zero-order valence-corrected chi connectivity index (χ0v) is 10.6. The van der Waals surface area contributed by atoms with Gasteiger partial charge in [-0.25, -0.2) is 4.98 Å². The molecule has 1 amide bonds. The number of amides is 1. The number of carbonyl (C=O) groups is 2. The van der Waals surface area contributed by atoms with E-state index in [0.717, 1.165) is 5.65 Å². The molecule has 0 radical (unpaired) electrons. The molecule has 0 aliphatic rings. The number of imidazole rings is 1. The van der Waals surface area contributed by atoms with Crippen LogP contribution in [-0.2, 0) is 4.79 Å². The van der Waals surface area contributed by atoms with Crippen molar-refractivity contribution >= 4 is 17.5 Å². The van der Waals surface area contributed by atoms with Crippen LogP contribution in [-0.4, -0.2) is 44.4 Å². The molecule has 0 unspecified atom stereocenters. The molecule has 2 rings (SSSR count). The number of hydrogen-bond donors (Lipinski definition) is 1. The van der Waals surface area contributed by atoms with Crippen LogP contribution in [0.5, 0.6) is 0 Å². The van der Waals surface area contributed by atoms with E-state index in [9.17, 15) is 9.59 Å². The van der Waals surface area contributed by atoms with Gasteiger partial charge in [-0.3, -0.25) is 9.59 Å². The van der Waals surface area contributed by atoms with Crippen LogP contribution in [0.3, 0.4) is 0 Å². The summed E-state index contributed by atoms with van der Waals surface area (Å²) in [6.45, 7) is 2.04. The summed E-state index contributed by atoms with van der Waals surface area (Å²) in [5, 5.41) is 8.84. The lowest BCUT2D eigenvalue weighted by molar-refractivity contribution is -0.137. The summed E-state index contributed by atoms with van der Waals surface area (Å²) in [6.07, 6.45) is 5.76. The average molecular weight is 261 g/mol. The van der Waals surface area contributed by atoms with Crippen molar-refractivity contribution < 1.29 is 14.7 Å². The van der Waals surface area contributed by atoms with Crippen LogP contribution in [0.2, 0.25) is 0 Å². The quantitative estimate of drug-likeness (QED) is 0.879. The molecule has 6 heteroatoms. The SMILES string of the molecule is CCCN(CC(=O)O)C(=O)c1ccc2nccn2c1. The fourth-order valence-electron chi connectivity index (χ4n) is 1.91. The van der Waals surface area contributed by atoms with Gasteiger partial charge in [-0.15, -0.1) is 0 Å². The lowest BCUT2D eigenvalue weighted by Crippen LogP contribution is -2.36. The lowest BCUT2D eigenvalue weighted by Gasteiger charge is -2.19. The molecule has 100 valence electrons. The largest absolute Gasteiger partial charge is 0.480 e. The van der Waals surface area contributed by atoms with Gasteiger partial charge < -0.3 is 14.4 Å². The topological polar surface area (TPSA) is 74.9 Å². The van der Waals surface area contributed by atoms with Crippen LogP contribution < -0.4 is 0 Å². The average Bonchev–Trinajstić information content (AvgIpc) is 2.84. The second kappa shape index (κ2) is 5.51. The highest BCUT2D eigenvalue weighted by molar-refractivity contribution is 5.95. The van der Waals surface area contributed by atoms with Gasteiger partial charge in [-0.05, 0) is 18.6 Å². The Bertz CT molecular complexity index is 606. The Morgan fingerprint density at radius 3 is 2.89 bits per heavy atom. The molecule has 2 heterocycles. The number of aromatic nitrogens is 2. The number of pyridine rings is 1. The van der Waals surface area contributed by atoms with Crippen LogP contribution in [0.4, 0.5) is 0 Å². The van der Waals surface area contributed by atoms with E-state index in [1.807, 2.05) is 6.92 Å². The van der Waals surface area contributed by atoms with E-state index in [4.69, 9.17) is 5.11 Å². The second-order valence-corrected chi connectivity index (χ2v) is 4.23. The van der Waals surface area contributed by atoms with E-state index in [0.29, 0.717) is 18.5 Å². The smallest absolute Gasteiger partial charge is 0.323 e. The van der Waals surface area contributed by atoms with Crippen molar-refractivity contribution in [3.05, 3.63) is 36.3 Å². The third kappa shape index (κ3) is 2.90. The molecule has 1 N–H and O–H groups in total. The highest BCUT2D eigenvalue weighted by Crippen LogP contribution is 2.08. The summed E-state index contributed by atoms with van der Waals surface area (Å²) in [5.41, 5.74) is 1.21. The Hall–Kier alpha value is -2.37. The van der Waals surface area contributed by atoms with Crippen LogP contribution >= 0.6 is 0 Å². The Morgan fingerprint density at radius 2 is 2.21 bits per heavy atom. The third-order valence-electron chi connectivity index (χ3n) is 2.74. The summed E-state index contributed by atoms with van der Waals surface area (Å²) in [6, 6.07) is 3.40. The standard InChI is InChI=1S/C13H15N3O3/c1-2-6-16(9-12(17)18)13(19)10-3-4-11-14-5-7-15(11)8-10/h3-5,7-8H,2,6,9H2,1H3,(H,17,18). The molecule has 0 aromatic carbocycles. The highest BCUT2D eigenvalue weighted by Gasteiger charge is 2.18. The van der Waals surface area contributed by atoms with Gasteiger partial charge in [-0.1, -0.05) is 6.92 Å². The molecule has 0 bridgehead atoms. The summed E-state index contributed by atoms with van der Waals surface area (Å²) >= 11 is 0. The van der Waals surface area contributed by atoms with Crippen LogP contribution in [0, 0.1) is 0 Å². The molecule has 0 aliphatic heterocycles. The van der Waals surface area contributed by atoms with Gasteiger partial charge in [0, 0.05) is 25.1 Å². The molecule has 19 heavy (non-hydrogen) atoms. The maximum absolute atomic E-state index is 12.3. The summed E-state index contributed by atoms with van der Waals surface area (Å²) in [7, 11) is 0. The van der Waals surface area contributed by atoms with Crippen LogP contribution in [0.15, 0.2) is 30.7 Å². The van der Waals surface area contributed by atoms with E-state index in [1.165, 1.54) is 4.90 Å². The number of carbonyl (C=O) groups excluding carboxylic acids is 1. The maximum Gasteiger partial charge on any atom is 0.323 e. The third-order valence-corrected chi connectivity index (χ3v) is 2.74. The number of hydrogen-bond acceptors (Lipinski definition) is 3. The molecule has 0 saturated carbocycles. The van der Waals surface area contributed by atoms with E-state index in [1.54, 1.807) is 35.1 Å². The number of aliphatic carboxylic acids is 1. The van der Waals surface area contributed by atoms with E-state index in [2.05, 4.69) is 4.98 Å². The summed E-state index contributed by atoms with van der Waals surface area (Å²) in [4.78, 5) is 28.5. The normalized spacial score (nSPS) is 10.6. The molecule has 0 saturated heterocycles. The monoisotopic (exact) mass is 261 g/mol. The number of nitrogens with zero attached hydrogens (tertiary/aromatic N) is 3. The van der Waals surface area contributed by atoms with Gasteiger partial charge >= 0.3 is 5.97 Å². The predicted octanol–water partition coefficient (Wildman–Crippen LogP) is 1.27. The Labute approximate surface area is 110 Å². The van der Waals surface area contributed by atoms with Gasteiger partial charge in [-0.2, -0.15) is 0 Å². The van der Waals surface area contributed by atoms with Crippen molar-refractivity contribution in [1.82, 2.24) is 14.3 Å². The number of carboxylic acid groups (broad SMARTS) is 1. The van der Waals surface area contributed by atoms with Crippen molar-refractivity contribution in [2.24, 2.45) is 0 Å². The van der Waals surface area contributed by atoms with Crippen molar-refractivity contribution in [1.29, 1.82) is 0 Å². The summed E-state index contributed by atoms with van der Waals surface area (Å²) < 4.78 is 1.73. The first-order chi connectivity index (χ1) is 9.11. The maximum atomic E-state index is 12.3. The van der Waals surface area contributed by atoms with Crippen molar-refractivity contribution in [2.45, 2.75) is 13.3 Å². The van der Waals surface area contributed by atoms with Gasteiger partial charge in [0.25, 0.3) is 5.91 Å². The first-order valence-corrected chi connectivity index (χ1v) is 6.05. The van der Waals surface area contributed by atoms with Crippen LogP contribution in [0.1, 0.15) is 23.7 Å². The van der Waals surface area contributed by atoms with Gasteiger partial charge in [0.2, 0.25) is 0 Å².